The molecular weight excluding hydrogens is 538 g/mol. The van der Waals surface area contributed by atoms with E-state index in [1.165, 1.54) is 54.7 Å². The third-order valence-corrected chi connectivity index (χ3v) is 5.33. The number of amides is 2. The summed E-state index contributed by atoms with van der Waals surface area (Å²) in [5.74, 6) is -5.71. The van der Waals surface area contributed by atoms with E-state index in [2.05, 4.69) is 14.7 Å². The number of carbonyl (C=O) groups excluding carboxylic acids is 6. The highest BCUT2D eigenvalue weighted by Gasteiger charge is 2.33. The zero-order valence-electron chi connectivity index (χ0n) is 22.1. The van der Waals surface area contributed by atoms with Gasteiger partial charge in [-0.25, -0.2) is 19.7 Å². The molecule has 0 saturated carbocycles. The molecule has 41 heavy (non-hydrogen) atoms. The van der Waals surface area contributed by atoms with Crippen molar-refractivity contribution >= 4 is 52.5 Å². The maximum absolute atomic E-state index is 13.8. The summed E-state index contributed by atoms with van der Waals surface area (Å²) >= 11 is 0. The summed E-state index contributed by atoms with van der Waals surface area (Å²) in [4.78, 5) is 83.3. The molecule has 0 saturated heterocycles. The minimum absolute atomic E-state index is 0.0133. The molecule has 0 aliphatic carbocycles. The molecule has 2 heterocycles. The Morgan fingerprint density at radius 1 is 0.780 bits per heavy atom. The van der Waals surface area contributed by atoms with Gasteiger partial charge in [0.15, 0.2) is 22.8 Å². The minimum atomic E-state index is -1.02. The normalized spacial score (nSPS) is 10.5. The van der Waals surface area contributed by atoms with Crippen molar-refractivity contribution in [1.82, 2.24) is 9.97 Å². The van der Waals surface area contributed by atoms with Crippen molar-refractivity contribution < 1.29 is 47.4 Å². The van der Waals surface area contributed by atoms with Crippen LogP contribution in [0.15, 0.2) is 59.1 Å². The number of pyridine rings is 1. The number of esters is 4. The first-order chi connectivity index (χ1) is 19.5. The van der Waals surface area contributed by atoms with E-state index in [0.29, 0.717) is 4.90 Å². The Hall–Kier alpha value is -5.72. The Kier molecular flexibility index (Phi) is 7.99. The molecule has 13 heteroatoms. The van der Waals surface area contributed by atoms with Crippen molar-refractivity contribution in [2.24, 2.45) is 0 Å². The van der Waals surface area contributed by atoms with Crippen LogP contribution in [0.2, 0.25) is 0 Å². The van der Waals surface area contributed by atoms with E-state index in [9.17, 15) is 28.8 Å². The predicted molar refractivity (Wildman–Crippen MR) is 140 cm³/mol. The van der Waals surface area contributed by atoms with Crippen LogP contribution in [0.5, 0.6) is 11.5 Å². The number of fused-ring (bicyclic) bond motifs is 1. The number of para-hydroxylation sites is 2. The molecule has 2 aromatic carbocycles. The summed E-state index contributed by atoms with van der Waals surface area (Å²) in [6.07, 6.45) is 1.26. The van der Waals surface area contributed by atoms with Crippen LogP contribution in [0.4, 0.5) is 5.69 Å². The Labute approximate surface area is 231 Å². The molecule has 4 rings (SSSR count). The van der Waals surface area contributed by atoms with Gasteiger partial charge < -0.3 is 18.6 Å². The lowest BCUT2D eigenvalue weighted by Gasteiger charge is -2.23. The first kappa shape index (κ1) is 28.3. The average Bonchev–Trinajstić information content (AvgIpc) is 3.33. The maximum atomic E-state index is 13.8. The van der Waals surface area contributed by atoms with Gasteiger partial charge in [0.05, 0.1) is 11.1 Å². The summed E-state index contributed by atoms with van der Waals surface area (Å²) in [6, 6.07) is 11.3. The monoisotopic (exact) mass is 559 g/mol. The summed E-state index contributed by atoms with van der Waals surface area (Å²) < 4.78 is 21.0. The van der Waals surface area contributed by atoms with Gasteiger partial charge >= 0.3 is 23.9 Å². The lowest BCUT2D eigenvalue weighted by molar-refractivity contribution is -0.135. The Balaban J connectivity index is 1.95. The number of anilines is 1. The molecular formula is C28H21N3O10. The highest BCUT2D eigenvalue weighted by molar-refractivity contribution is 6.23. The number of oxazole rings is 1. The van der Waals surface area contributed by atoms with Gasteiger partial charge in [-0.05, 0) is 36.4 Å². The van der Waals surface area contributed by atoms with Gasteiger partial charge in [-0.15, -0.1) is 0 Å². The van der Waals surface area contributed by atoms with Crippen LogP contribution in [-0.2, 0) is 23.9 Å². The van der Waals surface area contributed by atoms with Gasteiger partial charge in [-0.1, -0.05) is 12.1 Å². The molecule has 13 nitrogen and oxygen atoms in total. The molecule has 2 amide bonds. The number of carbonyl (C=O) groups is 6. The van der Waals surface area contributed by atoms with Gasteiger partial charge in [0.1, 0.15) is 11.2 Å². The van der Waals surface area contributed by atoms with Crippen LogP contribution in [0.3, 0.4) is 0 Å². The third kappa shape index (κ3) is 5.98. The van der Waals surface area contributed by atoms with Gasteiger partial charge in [-0.3, -0.25) is 24.0 Å². The third-order valence-electron chi connectivity index (χ3n) is 5.33. The fraction of sp³-hybridized carbons (Fsp3) is 0.143. The highest BCUT2D eigenvalue weighted by atomic mass is 16.6. The maximum Gasteiger partial charge on any atom is 0.348 e. The van der Waals surface area contributed by atoms with Crippen molar-refractivity contribution in [2.75, 3.05) is 4.90 Å². The SMILES string of the molecule is CC(=O)OC(=O)c1cccc2oc(-c3cccc(OC(C)=O)c3N(C(C)=O)C(=O)c3ncccc3OC(C)=O)nc12. The summed E-state index contributed by atoms with van der Waals surface area (Å²) in [6.45, 7) is 4.41. The average molecular weight is 559 g/mol. The van der Waals surface area contributed by atoms with Gasteiger partial charge in [0.2, 0.25) is 11.8 Å². The molecule has 208 valence electrons. The number of aromatic nitrogens is 2. The van der Waals surface area contributed by atoms with Crippen molar-refractivity contribution in [3.63, 3.8) is 0 Å². The summed E-state index contributed by atoms with van der Waals surface area (Å²) in [5.41, 5.74) is -0.541. The zero-order valence-corrected chi connectivity index (χ0v) is 22.1. The first-order valence-electron chi connectivity index (χ1n) is 11.9. The number of hydrogen-bond donors (Lipinski definition) is 0. The fourth-order valence-corrected chi connectivity index (χ4v) is 3.87. The number of ether oxygens (including phenoxy) is 3. The Morgan fingerprint density at radius 3 is 2.10 bits per heavy atom. The van der Waals surface area contributed by atoms with Crippen molar-refractivity contribution in [3.05, 3.63) is 66.0 Å². The van der Waals surface area contributed by atoms with Gasteiger partial charge in [0.25, 0.3) is 5.91 Å². The largest absolute Gasteiger partial charge is 0.436 e. The molecule has 0 bridgehead atoms. The van der Waals surface area contributed by atoms with E-state index in [1.807, 2.05) is 0 Å². The lowest BCUT2D eigenvalue weighted by Crippen LogP contribution is -2.37. The van der Waals surface area contributed by atoms with Crippen molar-refractivity contribution in [2.45, 2.75) is 27.7 Å². The van der Waals surface area contributed by atoms with E-state index in [-0.39, 0.29) is 51.0 Å². The van der Waals surface area contributed by atoms with E-state index in [4.69, 9.17) is 13.9 Å². The van der Waals surface area contributed by atoms with Crippen molar-refractivity contribution in [3.8, 4) is 23.0 Å². The quantitative estimate of drug-likeness (QED) is 0.191. The number of imide groups is 1. The second-order valence-electron chi connectivity index (χ2n) is 8.40. The minimum Gasteiger partial charge on any atom is -0.436 e. The van der Waals surface area contributed by atoms with Crippen LogP contribution in [0.1, 0.15) is 48.5 Å². The molecule has 0 spiro atoms. The molecule has 0 atom stereocenters. The van der Waals surface area contributed by atoms with Gasteiger partial charge in [-0.2, -0.15) is 0 Å². The first-order valence-corrected chi connectivity index (χ1v) is 11.9. The van der Waals surface area contributed by atoms with Crippen LogP contribution in [0.25, 0.3) is 22.6 Å². The van der Waals surface area contributed by atoms with Crippen LogP contribution >= 0.6 is 0 Å². The molecule has 0 aliphatic rings. The Bertz CT molecular complexity index is 1740. The molecule has 0 aliphatic heterocycles. The summed E-state index contributed by atoms with van der Waals surface area (Å²) in [5, 5.41) is 0. The zero-order chi connectivity index (χ0) is 29.8. The topological polar surface area (TPSA) is 172 Å². The molecule has 4 aromatic rings. The number of nitrogens with zero attached hydrogens (tertiary/aromatic N) is 3. The van der Waals surface area contributed by atoms with Crippen LogP contribution in [-0.4, -0.2) is 45.7 Å². The van der Waals surface area contributed by atoms with Crippen molar-refractivity contribution in [1.29, 1.82) is 0 Å². The smallest absolute Gasteiger partial charge is 0.348 e. The van der Waals surface area contributed by atoms with E-state index in [0.717, 1.165) is 27.7 Å². The molecule has 0 radical (unpaired) electrons. The second-order valence-corrected chi connectivity index (χ2v) is 8.40. The fourth-order valence-electron chi connectivity index (χ4n) is 3.87. The van der Waals surface area contributed by atoms with E-state index in [1.54, 1.807) is 0 Å². The molecule has 0 fully saturated rings. The lowest BCUT2D eigenvalue weighted by atomic mass is 10.1. The summed E-state index contributed by atoms with van der Waals surface area (Å²) in [7, 11) is 0. The number of rotatable bonds is 6. The molecule has 0 N–H and O–H groups in total. The number of hydrogen-bond acceptors (Lipinski definition) is 12. The van der Waals surface area contributed by atoms with E-state index < -0.39 is 35.7 Å². The number of benzene rings is 2. The standard InChI is InChI=1S/C28H21N3O10/c1-14(32)31(27(36)24-21(38-15(2)33)12-7-13-29-24)25-19(9-6-11-22(25)39-16(3)34)26-30-23-18(28(37)40-17(4)35)8-5-10-20(23)41-26/h5-13H,1-4H3. The molecule has 2 aromatic heterocycles. The molecule has 0 unspecified atom stereocenters. The second kappa shape index (κ2) is 11.6. The van der Waals surface area contributed by atoms with Crippen LogP contribution < -0.4 is 14.4 Å². The highest BCUT2D eigenvalue weighted by Crippen LogP contribution is 2.41. The predicted octanol–water partition coefficient (Wildman–Crippen LogP) is 3.64. The van der Waals surface area contributed by atoms with Crippen LogP contribution in [0, 0.1) is 0 Å². The van der Waals surface area contributed by atoms with E-state index >= 15 is 0 Å². The Morgan fingerprint density at radius 2 is 1.44 bits per heavy atom. The van der Waals surface area contributed by atoms with Gasteiger partial charge in [0, 0.05) is 33.9 Å².